The van der Waals surface area contributed by atoms with Crippen LogP contribution in [0.3, 0.4) is 0 Å². The van der Waals surface area contributed by atoms with Crippen LogP contribution in [-0.2, 0) is 4.79 Å². The zero-order valence-electron chi connectivity index (χ0n) is 9.61. The molecular weight excluding hydrogens is 248 g/mol. The number of carbonyl (C=O) groups is 1. The maximum absolute atomic E-state index is 11.6. The third-order valence-corrected chi connectivity index (χ3v) is 3.20. The van der Waals surface area contributed by atoms with Crippen molar-refractivity contribution in [2.75, 3.05) is 11.9 Å². The highest BCUT2D eigenvalue weighted by atomic mass is 35.5. The minimum Gasteiger partial charge on any atom is -0.324 e. The van der Waals surface area contributed by atoms with Gasteiger partial charge in [0.25, 0.3) is 0 Å². The Labute approximate surface area is 110 Å². The minimum atomic E-state index is -0.0971. The molecule has 0 fully saturated rings. The van der Waals surface area contributed by atoms with Crippen molar-refractivity contribution in [2.45, 2.75) is 6.42 Å². The Hall–Kier alpha value is -1.87. The summed E-state index contributed by atoms with van der Waals surface area (Å²) in [5.41, 5.74) is 3.64. The smallest absolute Gasteiger partial charge is 0.246 e. The SMILES string of the molecule is O=C1CN=C(C2=CC=CC2)c2cc(Cl)ccc2N1. The van der Waals surface area contributed by atoms with Gasteiger partial charge in [-0.05, 0) is 30.2 Å². The molecule has 4 heteroatoms. The molecule has 1 aliphatic carbocycles. The van der Waals surface area contributed by atoms with Gasteiger partial charge >= 0.3 is 0 Å². The van der Waals surface area contributed by atoms with Crippen LogP contribution in [0.15, 0.2) is 47.0 Å². The summed E-state index contributed by atoms with van der Waals surface area (Å²) in [6.45, 7) is 0.152. The van der Waals surface area contributed by atoms with Crippen LogP contribution in [0.25, 0.3) is 0 Å². The first kappa shape index (κ1) is 11.2. The highest BCUT2D eigenvalue weighted by Gasteiger charge is 2.19. The lowest BCUT2D eigenvalue weighted by molar-refractivity contribution is -0.114. The predicted molar refractivity (Wildman–Crippen MR) is 73.3 cm³/mol. The average molecular weight is 259 g/mol. The van der Waals surface area contributed by atoms with Gasteiger partial charge < -0.3 is 5.32 Å². The van der Waals surface area contributed by atoms with E-state index in [1.807, 2.05) is 24.3 Å². The van der Waals surface area contributed by atoms with E-state index in [9.17, 15) is 4.79 Å². The molecule has 1 heterocycles. The second-order valence-electron chi connectivity index (χ2n) is 4.23. The number of allylic oxidation sites excluding steroid dienone is 4. The summed E-state index contributed by atoms with van der Waals surface area (Å²) in [7, 11) is 0. The molecule has 0 saturated heterocycles. The van der Waals surface area contributed by atoms with Gasteiger partial charge in [-0.2, -0.15) is 0 Å². The molecule has 18 heavy (non-hydrogen) atoms. The Bertz CT molecular complexity index is 614. The molecular formula is C14H11ClN2O. The number of amides is 1. The van der Waals surface area contributed by atoms with E-state index in [2.05, 4.69) is 16.4 Å². The monoisotopic (exact) mass is 258 g/mol. The number of anilines is 1. The summed E-state index contributed by atoms with van der Waals surface area (Å²) in [5, 5.41) is 3.49. The summed E-state index contributed by atoms with van der Waals surface area (Å²) in [4.78, 5) is 16.0. The fourth-order valence-corrected chi connectivity index (χ4v) is 2.32. The van der Waals surface area contributed by atoms with E-state index < -0.39 is 0 Å². The highest BCUT2D eigenvalue weighted by Crippen LogP contribution is 2.28. The molecule has 0 spiro atoms. The number of carbonyl (C=O) groups excluding carboxylic acids is 1. The Balaban J connectivity index is 2.14. The number of hydrogen-bond acceptors (Lipinski definition) is 2. The van der Waals surface area contributed by atoms with Crippen LogP contribution < -0.4 is 5.32 Å². The maximum atomic E-state index is 11.6. The van der Waals surface area contributed by atoms with Crippen molar-refractivity contribution >= 4 is 28.9 Å². The van der Waals surface area contributed by atoms with Crippen molar-refractivity contribution in [2.24, 2.45) is 4.99 Å². The van der Waals surface area contributed by atoms with Crippen molar-refractivity contribution in [3.63, 3.8) is 0 Å². The Morgan fingerprint density at radius 2 is 2.22 bits per heavy atom. The molecule has 1 aromatic rings. The van der Waals surface area contributed by atoms with Gasteiger partial charge in [0.05, 0.1) is 11.4 Å². The molecule has 0 bridgehead atoms. The quantitative estimate of drug-likeness (QED) is 0.827. The summed E-state index contributed by atoms with van der Waals surface area (Å²) >= 11 is 6.04. The van der Waals surface area contributed by atoms with E-state index >= 15 is 0 Å². The van der Waals surface area contributed by atoms with E-state index in [0.29, 0.717) is 5.02 Å². The van der Waals surface area contributed by atoms with Crippen LogP contribution in [0.2, 0.25) is 5.02 Å². The maximum Gasteiger partial charge on any atom is 0.246 e. The summed E-state index contributed by atoms with van der Waals surface area (Å²) in [5.74, 6) is -0.0971. The number of hydrogen-bond donors (Lipinski definition) is 1. The van der Waals surface area contributed by atoms with E-state index in [0.717, 1.165) is 29.0 Å². The van der Waals surface area contributed by atoms with Gasteiger partial charge in [0, 0.05) is 10.6 Å². The number of benzene rings is 1. The van der Waals surface area contributed by atoms with Crippen molar-refractivity contribution in [3.8, 4) is 0 Å². The number of rotatable bonds is 1. The highest BCUT2D eigenvalue weighted by molar-refractivity contribution is 6.32. The van der Waals surface area contributed by atoms with Gasteiger partial charge in [0.2, 0.25) is 5.91 Å². The van der Waals surface area contributed by atoms with Crippen molar-refractivity contribution in [3.05, 3.63) is 52.6 Å². The second-order valence-corrected chi connectivity index (χ2v) is 4.66. The first-order valence-electron chi connectivity index (χ1n) is 5.74. The molecule has 90 valence electrons. The van der Waals surface area contributed by atoms with E-state index in [4.69, 9.17) is 11.6 Å². The van der Waals surface area contributed by atoms with Gasteiger partial charge in [-0.25, -0.2) is 0 Å². The molecule has 3 rings (SSSR count). The van der Waals surface area contributed by atoms with E-state index in [1.165, 1.54) is 0 Å². The van der Waals surface area contributed by atoms with E-state index in [-0.39, 0.29) is 12.5 Å². The number of aliphatic imine (C=N–C) groups is 1. The molecule has 2 aliphatic rings. The van der Waals surface area contributed by atoms with Gasteiger partial charge in [0.15, 0.2) is 0 Å². The molecule has 0 radical (unpaired) electrons. The van der Waals surface area contributed by atoms with Crippen LogP contribution in [-0.4, -0.2) is 18.2 Å². The fourth-order valence-electron chi connectivity index (χ4n) is 2.14. The first-order chi connectivity index (χ1) is 8.74. The largest absolute Gasteiger partial charge is 0.324 e. The Morgan fingerprint density at radius 3 is 3.00 bits per heavy atom. The third-order valence-electron chi connectivity index (χ3n) is 2.97. The van der Waals surface area contributed by atoms with Gasteiger partial charge in [-0.1, -0.05) is 29.8 Å². The van der Waals surface area contributed by atoms with Gasteiger partial charge in [0.1, 0.15) is 6.54 Å². The fraction of sp³-hybridized carbons (Fsp3) is 0.143. The zero-order chi connectivity index (χ0) is 12.5. The third kappa shape index (κ3) is 1.97. The standard InChI is InChI=1S/C14H11ClN2O/c15-10-5-6-12-11(7-10)14(9-3-1-2-4-9)16-8-13(18)17-12/h1-3,5-7H,4,8H2,(H,17,18). The Kier molecular flexibility index (Phi) is 2.76. The summed E-state index contributed by atoms with van der Waals surface area (Å²) in [6, 6.07) is 5.44. The van der Waals surface area contributed by atoms with E-state index in [1.54, 1.807) is 6.07 Å². The van der Waals surface area contributed by atoms with Crippen molar-refractivity contribution in [1.82, 2.24) is 0 Å². The van der Waals surface area contributed by atoms with Crippen LogP contribution >= 0.6 is 11.6 Å². The lowest BCUT2D eigenvalue weighted by Crippen LogP contribution is -2.13. The molecule has 1 aromatic carbocycles. The lowest BCUT2D eigenvalue weighted by atomic mass is 10.00. The normalized spacial score (nSPS) is 17.7. The number of benzodiazepines with no additional fused rings is 1. The average Bonchev–Trinajstić information content (AvgIpc) is 2.81. The van der Waals surface area contributed by atoms with Crippen LogP contribution in [0, 0.1) is 0 Å². The molecule has 3 nitrogen and oxygen atoms in total. The number of fused-ring (bicyclic) bond motifs is 1. The summed E-state index contributed by atoms with van der Waals surface area (Å²) in [6.07, 6.45) is 6.95. The zero-order valence-corrected chi connectivity index (χ0v) is 10.4. The molecule has 1 amide bonds. The number of nitrogens with zero attached hydrogens (tertiary/aromatic N) is 1. The molecule has 1 aliphatic heterocycles. The molecule has 0 aromatic heterocycles. The van der Waals surface area contributed by atoms with Crippen LogP contribution in [0.1, 0.15) is 12.0 Å². The van der Waals surface area contributed by atoms with Crippen LogP contribution in [0.5, 0.6) is 0 Å². The number of nitrogens with one attached hydrogen (secondary N) is 1. The van der Waals surface area contributed by atoms with Crippen LogP contribution in [0.4, 0.5) is 5.69 Å². The summed E-state index contributed by atoms with van der Waals surface area (Å²) < 4.78 is 0. The number of halogens is 1. The molecule has 1 N–H and O–H groups in total. The topological polar surface area (TPSA) is 41.5 Å². The van der Waals surface area contributed by atoms with Gasteiger partial charge in [-0.15, -0.1) is 0 Å². The molecule has 0 saturated carbocycles. The first-order valence-corrected chi connectivity index (χ1v) is 6.12. The van der Waals surface area contributed by atoms with Crippen molar-refractivity contribution in [1.29, 1.82) is 0 Å². The second kappa shape index (κ2) is 4.42. The minimum absolute atomic E-state index is 0.0971. The lowest BCUT2D eigenvalue weighted by Gasteiger charge is -2.10. The molecule has 0 unspecified atom stereocenters. The van der Waals surface area contributed by atoms with Gasteiger partial charge in [-0.3, -0.25) is 9.79 Å². The predicted octanol–water partition coefficient (Wildman–Crippen LogP) is 2.97. The molecule has 0 atom stereocenters. The Morgan fingerprint density at radius 1 is 1.33 bits per heavy atom. The van der Waals surface area contributed by atoms with Crippen molar-refractivity contribution < 1.29 is 4.79 Å².